The average molecular weight is 290 g/mol. The highest BCUT2D eigenvalue weighted by Crippen LogP contribution is 2.28. The lowest BCUT2D eigenvalue weighted by Gasteiger charge is -2.13. The van der Waals surface area contributed by atoms with Gasteiger partial charge in [-0.05, 0) is 0 Å². The standard InChI is InChI=1S/C9H7F5O3S/c1-18(16,17)2-3(15)4-5(10)7(12)9(14)8(13)6(4)11/h3,15H,2H2,1H3. The van der Waals surface area contributed by atoms with E-state index in [-0.39, 0.29) is 0 Å². The van der Waals surface area contributed by atoms with E-state index in [0.717, 1.165) is 0 Å². The summed E-state index contributed by atoms with van der Waals surface area (Å²) in [6, 6.07) is 0. The summed E-state index contributed by atoms with van der Waals surface area (Å²) < 4.78 is 86.1. The molecule has 1 aromatic carbocycles. The second-order valence-corrected chi connectivity index (χ2v) is 5.78. The van der Waals surface area contributed by atoms with E-state index in [1.165, 1.54) is 0 Å². The summed E-state index contributed by atoms with van der Waals surface area (Å²) in [6.45, 7) is 0. The molecule has 0 fully saturated rings. The van der Waals surface area contributed by atoms with Gasteiger partial charge in [-0.2, -0.15) is 0 Å². The van der Waals surface area contributed by atoms with E-state index in [2.05, 4.69) is 0 Å². The van der Waals surface area contributed by atoms with Gasteiger partial charge in [0, 0.05) is 6.26 Å². The molecule has 1 N–H and O–H groups in total. The molecular weight excluding hydrogens is 283 g/mol. The van der Waals surface area contributed by atoms with Crippen molar-refractivity contribution in [2.24, 2.45) is 0 Å². The molecule has 0 saturated carbocycles. The van der Waals surface area contributed by atoms with Crippen LogP contribution in [-0.2, 0) is 9.84 Å². The van der Waals surface area contributed by atoms with Crippen LogP contribution < -0.4 is 0 Å². The summed E-state index contributed by atoms with van der Waals surface area (Å²) in [5, 5.41) is 9.24. The lowest BCUT2D eigenvalue weighted by Crippen LogP contribution is -2.18. The Bertz CT molecular complexity index is 555. The molecule has 9 heteroatoms. The van der Waals surface area contributed by atoms with Crippen LogP contribution in [0.2, 0.25) is 0 Å². The smallest absolute Gasteiger partial charge is 0.200 e. The molecule has 0 aliphatic heterocycles. The third kappa shape index (κ3) is 2.78. The van der Waals surface area contributed by atoms with Crippen molar-refractivity contribution in [3.63, 3.8) is 0 Å². The van der Waals surface area contributed by atoms with Crippen LogP contribution in [0.3, 0.4) is 0 Å². The lowest BCUT2D eigenvalue weighted by molar-refractivity contribution is 0.185. The Labute approximate surface area is 98.8 Å². The van der Waals surface area contributed by atoms with Gasteiger partial charge in [0.2, 0.25) is 5.82 Å². The van der Waals surface area contributed by atoms with E-state index < -0.39 is 56.3 Å². The molecular formula is C9H7F5O3S. The Kier molecular flexibility index (Phi) is 3.96. The van der Waals surface area contributed by atoms with Crippen molar-refractivity contribution in [2.45, 2.75) is 6.10 Å². The van der Waals surface area contributed by atoms with Crippen LogP contribution in [0, 0.1) is 29.1 Å². The zero-order valence-electron chi connectivity index (χ0n) is 8.85. The molecule has 0 aromatic heterocycles. The fourth-order valence-corrected chi connectivity index (χ4v) is 2.02. The quantitative estimate of drug-likeness (QED) is 0.521. The highest BCUT2D eigenvalue weighted by molar-refractivity contribution is 7.90. The maximum atomic E-state index is 13.2. The summed E-state index contributed by atoms with van der Waals surface area (Å²) in [7, 11) is -3.86. The summed E-state index contributed by atoms with van der Waals surface area (Å²) in [5.74, 6) is -12.5. The molecule has 0 radical (unpaired) electrons. The van der Waals surface area contributed by atoms with Crippen LogP contribution >= 0.6 is 0 Å². The van der Waals surface area contributed by atoms with Gasteiger partial charge in [-0.15, -0.1) is 0 Å². The first-order valence-electron chi connectivity index (χ1n) is 4.43. The molecule has 0 aliphatic carbocycles. The maximum Gasteiger partial charge on any atom is 0.200 e. The number of hydrogen-bond donors (Lipinski definition) is 1. The lowest BCUT2D eigenvalue weighted by atomic mass is 10.1. The van der Waals surface area contributed by atoms with Crippen molar-refractivity contribution < 1.29 is 35.5 Å². The molecule has 0 aliphatic rings. The summed E-state index contributed by atoms with van der Waals surface area (Å²) in [6.07, 6.45) is -1.70. The van der Waals surface area contributed by atoms with Crippen LogP contribution in [-0.4, -0.2) is 25.5 Å². The van der Waals surface area contributed by atoms with Gasteiger partial charge in [-0.1, -0.05) is 0 Å². The Morgan fingerprint density at radius 2 is 1.28 bits per heavy atom. The Morgan fingerprint density at radius 3 is 1.61 bits per heavy atom. The topological polar surface area (TPSA) is 54.4 Å². The minimum atomic E-state index is -3.86. The normalized spacial score (nSPS) is 13.7. The Balaban J connectivity index is 3.42. The molecule has 0 bridgehead atoms. The molecule has 102 valence electrons. The summed E-state index contributed by atoms with van der Waals surface area (Å²) >= 11 is 0. The van der Waals surface area contributed by atoms with Gasteiger partial charge in [-0.25, -0.2) is 30.4 Å². The minimum Gasteiger partial charge on any atom is -0.387 e. The van der Waals surface area contributed by atoms with Crippen LogP contribution in [0.4, 0.5) is 22.0 Å². The van der Waals surface area contributed by atoms with Gasteiger partial charge in [0.05, 0.1) is 17.4 Å². The molecule has 0 spiro atoms. The molecule has 3 nitrogen and oxygen atoms in total. The van der Waals surface area contributed by atoms with Crippen molar-refractivity contribution in [3.05, 3.63) is 34.6 Å². The van der Waals surface area contributed by atoms with Crippen molar-refractivity contribution in [3.8, 4) is 0 Å². The molecule has 0 heterocycles. The van der Waals surface area contributed by atoms with Crippen molar-refractivity contribution in [1.29, 1.82) is 0 Å². The largest absolute Gasteiger partial charge is 0.387 e. The number of sulfone groups is 1. The fourth-order valence-electron chi connectivity index (χ4n) is 1.28. The second kappa shape index (κ2) is 4.81. The molecule has 1 atom stereocenters. The van der Waals surface area contributed by atoms with Crippen molar-refractivity contribution >= 4 is 9.84 Å². The maximum absolute atomic E-state index is 13.2. The van der Waals surface area contributed by atoms with Crippen LogP contribution in [0.15, 0.2) is 0 Å². The Morgan fingerprint density at radius 1 is 0.944 bits per heavy atom. The molecule has 1 rings (SSSR count). The number of aliphatic hydroxyl groups excluding tert-OH is 1. The molecule has 18 heavy (non-hydrogen) atoms. The SMILES string of the molecule is CS(=O)(=O)CC(O)c1c(F)c(F)c(F)c(F)c1F. The zero-order chi connectivity index (χ0) is 14.2. The van der Waals surface area contributed by atoms with Gasteiger partial charge in [0.25, 0.3) is 0 Å². The minimum absolute atomic E-state index is 0.641. The third-order valence-electron chi connectivity index (χ3n) is 2.04. The predicted molar refractivity (Wildman–Crippen MR) is 50.9 cm³/mol. The van der Waals surface area contributed by atoms with Gasteiger partial charge < -0.3 is 5.11 Å². The molecule has 1 unspecified atom stereocenters. The van der Waals surface area contributed by atoms with E-state index in [9.17, 15) is 35.5 Å². The van der Waals surface area contributed by atoms with Crippen molar-refractivity contribution in [1.82, 2.24) is 0 Å². The van der Waals surface area contributed by atoms with Gasteiger partial charge >= 0.3 is 0 Å². The van der Waals surface area contributed by atoms with E-state index in [4.69, 9.17) is 0 Å². The Hall–Kier alpha value is -1.22. The monoisotopic (exact) mass is 290 g/mol. The number of aliphatic hydroxyl groups is 1. The highest BCUT2D eigenvalue weighted by atomic mass is 32.2. The van der Waals surface area contributed by atoms with E-state index >= 15 is 0 Å². The zero-order valence-corrected chi connectivity index (χ0v) is 9.66. The molecule has 0 amide bonds. The average Bonchev–Trinajstić information content (AvgIpc) is 2.21. The van der Waals surface area contributed by atoms with Gasteiger partial charge in [-0.3, -0.25) is 0 Å². The summed E-state index contributed by atoms with van der Waals surface area (Å²) in [4.78, 5) is 0. The summed E-state index contributed by atoms with van der Waals surface area (Å²) in [5.41, 5.74) is -1.56. The first-order chi connectivity index (χ1) is 8.06. The predicted octanol–water partition coefficient (Wildman–Crippen LogP) is 1.46. The first-order valence-corrected chi connectivity index (χ1v) is 6.49. The fraction of sp³-hybridized carbons (Fsp3) is 0.333. The molecule has 1 aromatic rings. The number of benzene rings is 1. The first kappa shape index (κ1) is 14.8. The van der Waals surface area contributed by atoms with Gasteiger partial charge in [0.1, 0.15) is 9.84 Å². The van der Waals surface area contributed by atoms with Crippen LogP contribution in [0.5, 0.6) is 0 Å². The van der Waals surface area contributed by atoms with Crippen LogP contribution in [0.1, 0.15) is 11.7 Å². The molecule has 0 saturated heterocycles. The van der Waals surface area contributed by atoms with Gasteiger partial charge in [0.15, 0.2) is 23.3 Å². The number of hydrogen-bond acceptors (Lipinski definition) is 3. The second-order valence-electron chi connectivity index (χ2n) is 3.59. The van der Waals surface area contributed by atoms with Crippen LogP contribution in [0.25, 0.3) is 0 Å². The van der Waals surface area contributed by atoms with Crippen molar-refractivity contribution in [2.75, 3.05) is 12.0 Å². The highest BCUT2D eigenvalue weighted by Gasteiger charge is 2.30. The number of rotatable bonds is 3. The van der Waals surface area contributed by atoms with E-state index in [0.29, 0.717) is 6.26 Å². The van der Waals surface area contributed by atoms with E-state index in [1.54, 1.807) is 0 Å². The number of halogens is 5. The van der Waals surface area contributed by atoms with E-state index in [1.807, 2.05) is 0 Å². The third-order valence-corrected chi connectivity index (χ3v) is 2.96.